The number of carboxylic acid groups (broad SMARTS) is 1. The third-order valence-electron chi connectivity index (χ3n) is 4.16. The molecular weight excluding hydrogens is 328 g/mol. The van der Waals surface area contributed by atoms with Gasteiger partial charge in [0.05, 0.1) is 5.92 Å². The van der Waals surface area contributed by atoms with Crippen molar-refractivity contribution < 1.29 is 23.1 Å². The minimum absolute atomic E-state index is 0.00348. The van der Waals surface area contributed by atoms with Gasteiger partial charge in [0.2, 0.25) is 5.91 Å². The van der Waals surface area contributed by atoms with Gasteiger partial charge in [-0.05, 0) is 17.9 Å². The Balaban J connectivity index is 1.71. The molecular formula is C13H16N2O5S2. The van der Waals surface area contributed by atoms with E-state index in [1.54, 1.807) is 17.5 Å². The van der Waals surface area contributed by atoms with E-state index in [4.69, 9.17) is 5.11 Å². The highest BCUT2D eigenvalue weighted by Gasteiger charge is 2.42. The summed E-state index contributed by atoms with van der Waals surface area (Å²) in [5.41, 5.74) is 0. The van der Waals surface area contributed by atoms with Crippen LogP contribution < -0.4 is 0 Å². The molecule has 0 bridgehead atoms. The van der Waals surface area contributed by atoms with E-state index in [2.05, 4.69) is 0 Å². The molecule has 3 rings (SSSR count). The second-order valence-electron chi connectivity index (χ2n) is 5.52. The first kappa shape index (κ1) is 15.4. The lowest BCUT2D eigenvalue weighted by molar-refractivity contribution is -0.141. The van der Waals surface area contributed by atoms with Crippen molar-refractivity contribution >= 4 is 33.2 Å². The van der Waals surface area contributed by atoms with Gasteiger partial charge in [0.25, 0.3) is 10.0 Å². The van der Waals surface area contributed by atoms with E-state index in [-0.39, 0.29) is 31.5 Å². The molecule has 1 aromatic rings. The molecule has 2 saturated heterocycles. The summed E-state index contributed by atoms with van der Waals surface area (Å²) in [5, 5.41) is 10.7. The number of carboxylic acids is 1. The van der Waals surface area contributed by atoms with Crippen molar-refractivity contribution in [2.24, 2.45) is 5.92 Å². The third kappa shape index (κ3) is 2.64. The second kappa shape index (κ2) is 5.64. The lowest BCUT2D eigenvalue weighted by Gasteiger charge is -2.24. The van der Waals surface area contributed by atoms with Crippen LogP contribution in [0.5, 0.6) is 0 Å². The molecule has 0 saturated carbocycles. The standard InChI is InChI=1S/C13H16N2O5S2/c16-11-6-9(13(17)18)7-15(11)10-3-4-14(8-10)22(19,20)12-2-1-5-21-12/h1-2,5,9-10H,3-4,6-8H2,(H,17,18). The Labute approximate surface area is 132 Å². The quantitative estimate of drug-likeness (QED) is 0.855. The number of rotatable bonds is 4. The van der Waals surface area contributed by atoms with Crippen molar-refractivity contribution in [3.05, 3.63) is 17.5 Å². The first-order valence-corrected chi connectivity index (χ1v) is 9.27. The lowest BCUT2D eigenvalue weighted by atomic mass is 10.1. The minimum Gasteiger partial charge on any atom is -0.481 e. The molecule has 1 amide bonds. The molecule has 1 N–H and O–H groups in total. The number of hydrogen-bond acceptors (Lipinski definition) is 5. The Morgan fingerprint density at radius 1 is 1.36 bits per heavy atom. The van der Waals surface area contributed by atoms with Crippen molar-refractivity contribution in [1.29, 1.82) is 0 Å². The monoisotopic (exact) mass is 344 g/mol. The molecule has 7 nitrogen and oxygen atoms in total. The van der Waals surface area contributed by atoms with Gasteiger partial charge in [-0.2, -0.15) is 4.31 Å². The Bertz CT molecular complexity index is 685. The van der Waals surface area contributed by atoms with E-state index in [1.165, 1.54) is 20.5 Å². The van der Waals surface area contributed by atoms with Gasteiger partial charge < -0.3 is 10.0 Å². The summed E-state index contributed by atoms with van der Waals surface area (Å²) in [5.74, 6) is -1.86. The highest BCUT2D eigenvalue weighted by molar-refractivity contribution is 7.91. The molecule has 0 aromatic carbocycles. The van der Waals surface area contributed by atoms with Crippen LogP contribution in [0.4, 0.5) is 0 Å². The molecule has 0 aliphatic carbocycles. The highest BCUT2D eigenvalue weighted by atomic mass is 32.2. The number of carbonyl (C=O) groups excluding carboxylic acids is 1. The zero-order valence-electron chi connectivity index (χ0n) is 11.7. The van der Waals surface area contributed by atoms with Gasteiger partial charge in [-0.15, -0.1) is 11.3 Å². The van der Waals surface area contributed by atoms with Crippen molar-refractivity contribution in [3.8, 4) is 0 Å². The van der Waals surface area contributed by atoms with Gasteiger partial charge in [0, 0.05) is 32.1 Å². The Morgan fingerprint density at radius 2 is 2.14 bits per heavy atom. The van der Waals surface area contributed by atoms with Gasteiger partial charge in [-0.1, -0.05) is 6.07 Å². The number of thiophene rings is 1. The van der Waals surface area contributed by atoms with Crippen LogP contribution in [0.3, 0.4) is 0 Å². The van der Waals surface area contributed by atoms with E-state index in [0.717, 1.165) is 0 Å². The summed E-state index contributed by atoms with van der Waals surface area (Å²) in [7, 11) is -3.51. The summed E-state index contributed by atoms with van der Waals surface area (Å²) < 4.78 is 26.6. The molecule has 22 heavy (non-hydrogen) atoms. The Morgan fingerprint density at radius 3 is 2.73 bits per heavy atom. The number of amides is 1. The van der Waals surface area contributed by atoms with Crippen LogP contribution in [0.15, 0.2) is 21.7 Å². The maximum absolute atomic E-state index is 12.4. The average molecular weight is 344 g/mol. The van der Waals surface area contributed by atoms with Crippen molar-refractivity contribution in [2.75, 3.05) is 19.6 Å². The van der Waals surface area contributed by atoms with E-state index in [1.807, 2.05) is 0 Å². The van der Waals surface area contributed by atoms with Crippen molar-refractivity contribution in [1.82, 2.24) is 9.21 Å². The molecule has 9 heteroatoms. The predicted molar refractivity (Wildman–Crippen MR) is 78.9 cm³/mol. The molecule has 120 valence electrons. The summed E-state index contributed by atoms with van der Waals surface area (Å²) in [4.78, 5) is 24.5. The van der Waals surface area contributed by atoms with Crippen LogP contribution >= 0.6 is 11.3 Å². The summed E-state index contributed by atoms with van der Waals surface area (Å²) in [6, 6.07) is 3.02. The van der Waals surface area contributed by atoms with E-state index in [9.17, 15) is 18.0 Å². The number of nitrogens with zero attached hydrogens (tertiary/aromatic N) is 2. The normalized spacial score (nSPS) is 26.7. The third-order valence-corrected chi connectivity index (χ3v) is 7.40. The van der Waals surface area contributed by atoms with Crippen LogP contribution in [-0.4, -0.2) is 60.3 Å². The van der Waals surface area contributed by atoms with E-state index in [0.29, 0.717) is 17.2 Å². The lowest BCUT2D eigenvalue weighted by Crippen LogP contribution is -2.40. The molecule has 0 spiro atoms. The van der Waals surface area contributed by atoms with Crippen LogP contribution in [0, 0.1) is 5.92 Å². The molecule has 2 unspecified atom stereocenters. The summed E-state index contributed by atoms with van der Waals surface area (Å²) in [6.45, 7) is 0.760. The zero-order chi connectivity index (χ0) is 15.9. The van der Waals surface area contributed by atoms with Crippen molar-refractivity contribution in [2.45, 2.75) is 23.1 Å². The van der Waals surface area contributed by atoms with Crippen LogP contribution in [0.2, 0.25) is 0 Å². The fraction of sp³-hybridized carbons (Fsp3) is 0.538. The van der Waals surface area contributed by atoms with Gasteiger partial charge in [0.1, 0.15) is 4.21 Å². The fourth-order valence-corrected chi connectivity index (χ4v) is 5.61. The largest absolute Gasteiger partial charge is 0.481 e. The van der Waals surface area contributed by atoms with Gasteiger partial charge in [0.15, 0.2) is 0 Å². The summed E-state index contributed by atoms with van der Waals surface area (Å²) in [6.07, 6.45) is 0.548. The molecule has 2 fully saturated rings. The number of aliphatic carboxylic acids is 1. The first-order valence-electron chi connectivity index (χ1n) is 6.95. The van der Waals surface area contributed by atoms with E-state index < -0.39 is 21.9 Å². The molecule has 2 aliphatic rings. The van der Waals surface area contributed by atoms with Crippen LogP contribution in [-0.2, 0) is 19.6 Å². The van der Waals surface area contributed by atoms with Gasteiger partial charge in [-0.25, -0.2) is 8.42 Å². The smallest absolute Gasteiger partial charge is 0.308 e. The topological polar surface area (TPSA) is 95.0 Å². The Hall–Kier alpha value is -1.45. The summed E-state index contributed by atoms with van der Waals surface area (Å²) >= 11 is 1.17. The van der Waals surface area contributed by atoms with Crippen molar-refractivity contribution in [3.63, 3.8) is 0 Å². The zero-order valence-corrected chi connectivity index (χ0v) is 13.3. The number of sulfonamides is 1. The number of hydrogen-bond donors (Lipinski definition) is 1. The van der Waals surface area contributed by atoms with Crippen LogP contribution in [0.25, 0.3) is 0 Å². The molecule has 3 heterocycles. The predicted octanol–water partition coefficient (Wildman–Crippen LogP) is 0.444. The molecule has 0 radical (unpaired) electrons. The second-order valence-corrected chi connectivity index (χ2v) is 8.64. The van der Waals surface area contributed by atoms with Gasteiger partial charge >= 0.3 is 5.97 Å². The number of likely N-dealkylation sites (tertiary alicyclic amines) is 1. The maximum atomic E-state index is 12.4. The van der Waals surface area contributed by atoms with Gasteiger partial charge in [-0.3, -0.25) is 9.59 Å². The fourth-order valence-electron chi connectivity index (χ4n) is 2.97. The average Bonchev–Trinajstić information content (AvgIpc) is 3.18. The maximum Gasteiger partial charge on any atom is 0.308 e. The Kier molecular flexibility index (Phi) is 3.96. The number of carbonyl (C=O) groups is 2. The minimum atomic E-state index is -3.51. The van der Waals surface area contributed by atoms with Crippen LogP contribution in [0.1, 0.15) is 12.8 Å². The molecule has 2 atom stereocenters. The first-order chi connectivity index (χ1) is 10.4. The molecule has 2 aliphatic heterocycles. The van der Waals surface area contributed by atoms with E-state index >= 15 is 0 Å². The SMILES string of the molecule is O=C(O)C1CC(=O)N(C2CCN(S(=O)(=O)c3cccs3)C2)C1. The molecule has 1 aromatic heterocycles. The highest BCUT2D eigenvalue weighted by Crippen LogP contribution is 2.29.